The van der Waals surface area contributed by atoms with Gasteiger partial charge in [0, 0.05) is 0 Å². The van der Waals surface area contributed by atoms with Crippen LogP contribution in [0.1, 0.15) is 11.1 Å². The zero-order valence-corrected chi connectivity index (χ0v) is 14.1. The van der Waals surface area contributed by atoms with Crippen molar-refractivity contribution in [3.05, 3.63) is 80.0 Å². The van der Waals surface area contributed by atoms with E-state index >= 15 is 0 Å². The molecule has 0 nitrogen and oxygen atoms in total. The van der Waals surface area contributed by atoms with Crippen LogP contribution in [0.2, 0.25) is 0 Å². The van der Waals surface area contributed by atoms with Gasteiger partial charge in [-0.2, -0.15) is 0 Å². The molecule has 98 valence electrons. The molecule has 0 atom stereocenters. The molecule has 2 rings (SSSR count). The Labute approximate surface area is 125 Å². The van der Waals surface area contributed by atoms with Crippen molar-refractivity contribution in [2.24, 2.45) is 0 Å². The molecule has 2 aromatic rings. The Morgan fingerprint density at radius 2 is 1.00 bits per heavy atom. The van der Waals surface area contributed by atoms with E-state index in [1.54, 1.807) is 0 Å². The standard InChI is InChI=1S/C16H14Cl2Te/c17-19(18,13-11-15-7-3-1-4-8-15)14-12-16-9-5-2-6-10-16/h1-14H/b13-11-,14-12-. The molecule has 0 aliphatic carbocycles. The average Bonchev–Trinajstić information content (AvgIpc) is 2.46. The Hall–Kier alpha value is -0.710. The maximum atomic E-state index is 6.42. The summed E-state index contributed by atoms with van der Waals surface area (Å²) in [5, 5.41) is 0. The molecule has 0 heterocycles. The first-order valence-electron chi connectivity index (χ1n) is 5.85. The summed E-state index contributed by atoms with van der Waals surface area (Å²) >= 11 is -3.03. The second-order valence-corrected chi connectivity index (χ2v) is 16.6. The van der Waals surface area contributed by atoms with Crippen LogP contribution in [0.4, 0.5) is 0 Å². The van der Waals surface area contributed by atoms with Crippen LogP contribution in [0.15, 0.2) is 68.9 Å². The van der Waals surface area contributed by atoms with Gasteiger partial charge in [-0.15, -0.1) is 0 Å². The molecule has 0 unspecified atom stereocenters. The predicted molar refractivity (Wildman–Crippen MR) is 88.4 cm³/mol. The van der Waals surface area contributed by atoms with E-state index in [1.807, 2.05) is 81.1 Å². The maximum absolute atomic E-state index is 6.42. The van der Waals surface area contributed by atoms with Gasteiger partial charge in [-0.05, 0) is 0 Å². The number of hydrogen-bond donors (Lipinski definition) is 0. The molecule has 2 aromatic carbocycles. The van der Waals surface area contributed by atoms with Crippen LogP contribution in [0.3, 0.4) is 0 Å². The van der Waals surface area contributed by atoms with Crippen molar-refractivity contribution in [3.8, 4) is 0 Å². The molecule has 0 bridgehead atoms. The predicted octanol–water partition coefficient (Wildman–Crippen LogP) is 5.41. The summed E-state index contributed by atoms with van der Waals surface area (Å²) < 4.78 is 3.92. The first-order chi connectivity index (χ1) is 9.16. The Morgan fingerprint density at radius 3 is 1.37 bits per heavy atom. The molecule has 0 N–H and O–H groups in total. The fraction of sp³-hybridized carbons (Fsp3) is 0. The van der Waals surface area contributed by atoms with E-state index in [9.17, 15) is 0 Å². The van der Waals surface area contributed by atoms with Gasteiger partial charge in [-0.1, -0.05) is 0 Å². The topological polar surface area (TPSA) is 0 Å². The Morgan fingerprint density at radius 1 is 0.632 bits per heavy atom. The van der Waals surface area contributed by atoms with Gasteiger partial charge in [-0.25, -0.2) is 0 Å². The Bertz CT molecular complexity index is 508. The van der Waals surface area contributed by atoms with Crippen molar-refractivity contribution < 1.29 is 0 Å². The molecular formula is C16H14Cl2Te. The molecule has 0 aromatic heterocycles. The van der Waals surface area contributed by atoms with Crippen molar-refractivity contribution in [2.45, 2.75) is 0 Å². The van der Waals surface area contributed by atoms with E-state index in [0.29, 0.717) is 0 Å². The van der Waals surface area contributed by atoms with Crippen molar-refractivity contribution in [2.75, 3.05) is 0 Å². The number of rotatable bonds is 4. The SMILES string of the molecule is Cl[Te](Cl)(/C=C\c1ccccc1)/C=C\c1ccccc1. The summed E-state index contributed by atoms with van der Waals surface area (Å²) in [6, 6.07) is 20.1. The molecule has 0 saturated heterocycles. The number of benzene rings is 2. The van der Waals surface area contributed by atoms with Gasteiger partial charge in [0.1, 0.15) is 0 Å². The number of hydrogen-bond acceptors (Lipinski definition) is 0. The number of halogens is 2. The van der Waals surface area contributed by atoms with Crippen molar-refractivity contribution in [1.82, 2.24) is 0 Å². The zero-order chi connectivity index (χ0) is 13.6. The second kappa shape index (κ2) is 7.17. The van der Waals surface area contributed by atoms with Gasteiger partial charge in [0.25, 0.3) is 0 Å². The van der Waals surface area contributed by atoms with Crippen LogP contribution in [0.25, 0.3) is 12.2 Å². The third-order valence-electron chi connectivity index (χ3n) is 2.48. The summed E-state index contributed by atoms with van der Waals surface area (Å²) in [5.74, 6) is 0. The van der Waals surface area contributed by atoms with Crippen molar-refractivity contribution >= 4 is 46.0 Å². The molecule has 0 aliphatic heterocycles. The molecule has 19 heavy (non-hydrogen) atoms. The van der Waals surface area contributed by atoms with Crippen molar-refractivity contribution in [3.63, 3.8) is 0 Å². The van der Waals surface area contributed by atoms with Gasteiger partial charge < -0.3 is 0 Å². The van der Waals surface area contributed by atoms with Gasteiger partial charge in [0.15, 0.2) is 0 Å². The molecular weight excluding hydrogens is 391 g/mol. The molecule has 0 aliphatic rings. The summed E-state index contributed by atoms with van der Waals surface area (Å²) in [4.78, 5) is 0. The van der Waals surface area contributed by atoms with Crippen LogP contribution < -0.4 is 0 Å². The van der Waals surface area contributed by atoms with Crippen LogP contribution in [0.5, 0.6) is 0 Å². The average molecular weight is 405 g/mol. The minimum absolute atomic E-state index is 1.12. The first kappa shape index (κ1) is 14.7. The minimum atomic E-state index is -3.03. The van der Waals surface area contributed by atoms with Gasteiger partial charge >= 0.3 is 126 Å². The van der Waals surface area contributed by atoms with E-state index in [-0.39, 0.29) is 0 Å². The van der Waals surface area contributed by atoms with Crippen LogP contribution >= 0.6 is 17.9 Å². The monoisotopic (exact) mass is 406 g/mol. The molecule has 3 heteroatoms. The fourth-order valence-electron chi connectivity index (χ4n) is 1.51. The molecule has 0 spiro atoms. The van der Waals surface area contributed by atoms with Gasteiger partial charge in [0.05, 0.1) is 0 Å². The summed E-state index contributed by atoms with van der Waals surface area (Å²) in [6.45, 7) is 0. The first-order valence-corrected chi connectivity index (χ1v) is 14.4. The van der Waals surface area contributed by atoms with E-state index in [1.165, 1.54) is 0 Å². The van der Waals surface area contributed by atoms with Crippen LogP contribution in [-0.4, -0.2) is 15.9 Å². The second-order valence-electron chi connectivity index (χ2n) is 3.98. The van der Waals surface area contributed by atoms with Crippen molar-refractivity contribution in [1.29, 1.82) is 0 Å². The summed E-state index contributed by atoms with van der Waals surface area (Å²) in [7, 11) is 12.8. The molecule has 0 radical (unpaired) electrons. The van der Waals surface area contributed by atoms with Gasteiger partial charge in [0.2, 0.25) is 0 Å². The normalized spacial score (nSPS) is 13.2. The van der Waals surface area contributed by atoms with E-state index < -0.39 is 15.9 Å². The Kier molecular flexibility index (Phi) is 5.55. The third-order valence-corrected chi connectivity index (χ3v) is 8.09. The molecule has 0 fully saturated rings. The molecule has 0 amide bonds. The molecule has 0 saturated carbocycles. The third kappa shape index (κ3) is 5.43. The quantitative estimate of drug-likeness (QED) is 0.598. The zero-order valence-electron chi connectivity index (χ0n) is 10.2. The van der Waals surface area contributed by atoms with E-state index in [2.05, 4.69) is 0 Å². The Balaban J connectivity index is 2.06. The van der Waals surface area contributed by atoms with Gasteiger partial charge in [-0.3, -0.25) is 0 Å². The summed E-state index contributed by atoms with van der Waals surface area (Å²) in [5.41, 5.74) is 2.24. The van der Waals surface area contributed by atoms with Crippen LogP contribution in [0, 0.1) is 0 Å². The van der Waals surface area contributed by atoms with E-state index in [0.717, 1.165) is 11.1 Å². The van der Waals surface area contributed by atoms with Crippen LogP contribution in [-0.2, 0) is 0 Å². The summed E-state index contributed by atoms with van der Waals surface area (Å²) in [6.07, 6.45) is 3.99. The van der Waals surface area contributed by atoms with E-state index in [4.69, 9.17) is 17.9 Å². The fourth-order valence-corrected chi connectivity index (χ4v) is 5.08.